The minimum Gasteiger partial charge on any atom is -0.294 e. The van der Waals surface area contributed by atoms with Gasteiger partial charge in [-0.1, -0.05) is 26.3 Å². The van der Waals surface area contributed by atoms with Gasteiger partial charge in [0.05, 0.1) is 0 Å². The second-order valence-corrected chi connectivity index (χ2v) is 7.47. The molecule has 0 saturated carbocycles. The van der Waals surface area contributed by atoms with Crippen molar-refractivity contribution in [2.75, 3.05) is 6.54 Å². The summed E-state index contributed by atoms with van der Waals surface area (Å²) >= 11 is 1.89. The molecule has 1 aliphatic heterocycles. The van der Waals surface area contributed by atoms with E-state index in [0.717, 1.165) is 0 Å². The first-order valence-electron chi connectivity index (χ1n) is 7.47. The Morgan fingerprint density at radius 2 is 2.05 bits per heavy atom. The lowest BCUT2D eigenvalue weighted by molar-refractivity contribution is 0.110. The molecule has 1 saturated heterocycles. The number of likely N-dealkylation sites (tertiary alicyclic amines) is 1. The first-order chi connectivity index (χ1) is 9.09. The number of pyridine rings is 1. The highest BCUT2D eigenvalue weighted by atomic mass is 32.2. The molecule has 0 spiro atoms. The van der Waals surface area contributed by atoms with Crippen molar-refractivity contribution in [3.8, 4) is 0 Å². The third kappa shape index (κ3) is 3.73. The summed E-state index contributed by atoms with van der Waals surface area (Å²) in [6, 6.07) is 5.54. The van der Waals surface area contributed by atoms with E-state index >= 15 is 0 Å². The molecule has 0 N–H and O–H groups in total. The normalized spacial score (nSPS) is 21.3. The molecule has 0 aromatic carbocycles. The van der Waals surface area contributed by atoms with Gasteiger partial charge in [-0.2, -0.15) is 0 Å². The van der Waals surface area contributed by atoms with Gasteiger partial charge in [-0.3, -0.25) is 4.90 Å². The maximum absolute atomic E-state index is 4.62. The van der Waals surface area contributed by atoms with Gasteiger partial charge >= 0.3 is 0 Å². The Balaban J connectivity index is 2.28. The van der Waals surface area contributed by atoms with E-state index in [2.05, 4.69) is 49.7 Å². The molecule has 3 heteroatoms. The van der Waals surface area contributed by atoms with Crippen molar-refractivity contribution >= 4 is 11.8 Å². The summed E-state index contributed by atoms with van der Waals surface area (Å²) in [6.45, 7) is 10.3. The Morgan fingerprint density at radius 3 is 2.74 bits per heavy atom. The van der Waals surface area contributed by atoms with E-state index in [1.165, 1.54) is 36.4 Å². The number of piperidine rings is 1. The molecule has 0 radical (unpaired) electrons. The second kappa shape index (κ2) is 6.76. The minimum atomic E-state index is 0.559. The predicted octanol–water partition coefficient (Wildman–Crippen LogP) is 4.52. The van der Waals surface area contributed by atoms with Crippen molar-refractivity contribution in [3.63, 3.8) is 0 Å². The molecule has 19 heavy (non-hydrogen) atoms. The highest BCUT2D eigenvalue weighted by Gasteiger charge is 2.28. The molecular formula is C16H26N2S. The maximum Gasteiger partial charge on any atom is 0.101 e. The van der Waals surface area contributed by atoms with Crippen LogP contribution in [0.4, 0.5) is 0 Å². The van der Waals surface area contributed by atoms with E-state index in [0.29, 0.717) is 17.3 Å². The summed E-state index contributed by atoms with van der Waals surface area (Å²) in [4.78, 5) is 7.27. The molecule has 0 bridgehead atoms. The first-order valence-corrected chi connectivity index (χ1v) is 8.35. The Labute approximate surface area is 122 Å². The molecule has 2 rings (SSSR count). The SMILES string of the molecule is CC(C)Sc1ncccc1[C@H]1CCCCN1C(C)C. The lowest BCUT2D eigenvalue weighted by atomic mass is 9.95. The summed E-state index contributed by atoms with van der Waals surface area (Å²) in [5.74, 6) is 0. The Morgan fingerprint density at radius 1 is 1.26 bits per heavy atom. The van der Waals surface area contributed by atoms with E-state index < -0.39 is 0 Å². The quantitative estimate of drug-likeness (QED) is 0.753. The average Bonchev–Trinajstić information content (AvgIpc) is 2.38. The van der Waals surface area contributed by atoms with E-state index in [9.17, 15) is 0 Å². The van der Waals surface area contributed by atoms with Crippen LogP contribution in [0.5, 0.6) is 0 Å². The standard InChI is InChI=1S/C16H26N2S/c1-12(2)18-11-6-5-9-15(18)14-8-7-10-17-16(14)19-13(3)4/h7-8,10,12-13,15H,5-6,9,11H2,1-4H3/t15-/m1/s1. The van der Waals surface area contributed by atoms with E-state index in [4.69, 9.17) is 0 Å². The third-order valence-corrected chi connectivity index (χ3v) is 4.75. The van der Waals surface area contributed by atoms with E-state index in [1.807, 2.05) is 18.0 Å². The largest absolute Gasteiger partial charge is 0.294 e. The monoisotopic (exact) mass is 278 g/mol. The van der Waals surface area contributed by atoms with Crippen LogP contribution in [0.15, 0.2) is 23.4 Å². The van der Waals surface area contributed by atoms with Gasteiger partial charge in [-0.15, -0.1) is 11.8 Å². The summed E-state index contributed by atoms with van der Waals surface area (Å²) in [6.07, 6.45) is 5.88. The van der Waals surface area contributed by atoms with Gasteiger partial charge < -0.3 is 0 Å². The number of hydrogen-bond donors (Lipinski definition) is 0. The van der Waals surface area contributed by atoms with Gasteiger partial charge in [0.15, 0.2) is 0 Å². The third-order valence-electron chi connectivity index (χ3n) is 3.71. The van der Waals surface area contributed by atoms with Crippen LogP contribution >= 0.6 is 11.8 Å². The predicted molar refractivity (Wildman–Crippen MR) is 83.7 cm³/mol. The second-order valence-electron chi connectivity index (χ2n) is 5.91. The van der Waals surface area contributed by atoms with Gasteiger partial charge in [0.2, 0.25) is 0 Å². The molecule has 1 fully saturated rings. The van der Waals surface area contributed by atoms with Crippen molar-refractivity contribution in [2.45, 2.75) is 69.3 Å². The fourth-order valence-corrected chi connectivity index (χ4v) is 3.79. The molecule has 2 nitrogen and oxygen atoms in total. The molecule has 1 aromatic heterocycles. The van der Waals surface area contributed by atoms with Crippen LogP contribution in [0.2, 0.25) is 0 Å². The van der Waals surface area contributed by atoms with Gasteiger partial charge in [-0.25, -0.2) is 4.98 Å². The van der Waals surface area contributed by atoms with Crippen molar-refractivity contribution in [1.82, 2.24) is 9.88 Å². The highest BCUT2D eigenvalue weighted by Crippen LogP contribution is 2.37. The van der Waals surface area contributed by atoms with Crippen molar-refractivity contribution in [1.29, 1.82) is 0 Å². The number of rotatable bonds is 4. The summed E-state index contributed by atoms with van der Waals surface area (Å²) in [5.41, 5.74) is 1.44. The average molecular weight is 278 g/mol. The smallest absolute Gasteiger partial charge is 0.101 e. The summed E-state index contributed by atoms with van der Waals surface area (Å²) < 4.78 is 0. The topological polar surface area (TPSA) is 16.1 Å². The maximum atomic E-state index is 4.62. The van der Waals surface area contributed by atoms with Crippen molar-refractivity contribution < 1.29 is 0 Å². The molecule has 0 aliphatic carbocycles. The van der Waals surface area contributed by atoms with Crippen LogP contribution in [0.25, 0.3) is 0 Å². The zero-order chi connectivity index (χ0) is 13.8. The van der Waals surface area contributed by atoms with Gasteiger partial charge in [0.25, 0.3) is 0 Å². The number of hydrogen-bond acceptors (Lipinski definition) is 3. The van der Waals surface area contributed by atoms with Crippen LogP contribution in [0, 0.1) is 0 Å². The van der Waals surface area contributed by atoms with Gasteiger partial charge in [0, 0.05) is 29.1 Å². The van der Waals surface area contributed by atoms with Crippen LogP contribution in [-0.2, 0) is 0 Å². The highest BCUT2D eigenvalue weighted by molar-refractivity contribution is 7.99. The Hall–Kier alpha value is -0.540. The van der Waals surface area contributed by atoms with Crippen LogP contribution < -0.4 is 0 Å². The van der Waals surface area contributed by atoms with Crippen LogP contribution in [-0.4, -0.2) is 27.7 Å². The van der Waals surface area contributed by atoms with E-state index in [1.54, 1.807) is 0 Å². The fourth-order valence-electron chi connectivity index (χ4n) is 2.88. The Bertz CT molecular complexity index is 403. The van der Waals surface area contributed by atoms with Crippen molar-refractivity contribution in [3.05, 3.63) is 23.9 Å². The molecule has 2 heterocycles. The fraction of sp³-hybridized carbons (Fsp3) is 0.688. The molecule has 1 aliphatic rings. The van der Waals surface area contributed by atoms with Crippen LogP contribution in [0.3, 0.4) is 0 Å². The number of thioether (sulfide) groups is 1. The first kappa shape index (κ1) is 14.9. The summed E-state index contributed by atoms with van der Waals surface area (Å²) in [7, 11) is 0. The number of aromatic nitrogens is 1. The van der Waals surface area contributed by atoms with E-state index in [-0.39, 0.29) is 0 Å². The van der Waals surface area contributed by atoms with Crippen molar-refractivity contribution in [2.24, 2.45) is 0 Å². The minimum absolute atomic E-state index is 0.559. The Kier molecular flexibility index (Phi) is 5.28. The zero-order valence-electron chi connectivity index (χ0n) is 12.6. The zero-order valence-corrected chi connectivity index (χ0v) is 13.4. The molecule has 0 unspecified atom stereocenters. The summed E-state index contributed by atoms with van der Waals surface area (Å²) in [5, 5.41) is 1.82. The lowest BCUT2D eigenvalue weighted by Gasteiger charge is -2.39. The molecule has 106 valence electrons. The lowest BCUT2D eigenvalue weighted by Crippen LogP contribution is -2.38. The molecular weight excluding hydrogens is 252 g/mol. The number of nitrogens with zero attached hydrogens (tertiary/aromatic N) is 2. The molecule has 1 atom stereocenters. The molecule has 0 amide bonds. The van der Waals surface area contributed by atoms with Gasteiger partial charge in [0.1, 0.15) is 5.03 Å². The molecule has 1 aromatic rings. The van der Waals surface area contributed by atoms with Gasteiger partial charge in [-0.05, 0) is 39.3 Å². The van der Waals surface area contributed by atoms with Crippen LogP contribution in [0.1, 0.15) is 58.6 Å².